The van der Waals surface area contributed by atoms with E-state index in [0.29, 0.717) is 12.8 Å². The van der Waals surface area contributed by atoms with Crippen LogP contribution in [-0.2, 0) is 37.2 Å². The lowest BCUT2D eigenvalue weighted by atomic mass is 9.79. The molecule has 10 atom stereocenters. The van der Waals surface area contributed by atoms with Gasteiger partial charge in [0.05, 0.1) is 25.1 Å². The second-order valence-electron chi connectivity index (χ2n) is 15.2. The van der Waals surface area contributed by atoms with Crippen molar-refractivity contribution in [2.75, 3.05) is 18.5 Å². The first-order valence-corrected chi connectivity index (χ1v) is 20.5. The lowest BCUT2D eigenvalue weighted by molar-refractivity contribution is -0.765. The van der Waals surface area contributed by atoms with Crippen LogP contribution < -0.4 is 15.6 Å². The van der Waals surface area contributed by atoms with E-state index in [1.807, 2.05) is 27.7 Å². The molecule has 6 rings (SSSR count). The van der Waals surface area contributed by atoms with Gasteiger partial charge in [-0.1, -0.05) is 0 Å². The highest BCUT2D eigenvalue weighted by molar-refractivity contribution is 7.61. The van der Waals surface area contributed by atoms with Gasteiger partial charge in [-0.15, -0.1) is 10.3 Å². The summed E-state index contributed by atoms with van der Waals surface area (Å²) in [4.78, 5) is 47.4. The first kappa shape index (κ1) is 43.8. The predicted molar refractivity (Wildman–Crippen MR) is 191 cm³/mol. The van der Waals surface area contributed by atoms with Gasteiger partial charge in [-0.05, 0) is 51.2 Å². The van der Waals surface area contributed by atoms with Crippen LogP contribution in [0.1, 0.15) is 63.4 Å². The molecule has 0 spiro atoms. The average Bonchev–Trinajstić information content (AvgIpc) is 3.77. The molecule has 3 aromatic rings. The summed E-state index contributed by atoms with van der Waals surface area (Å²) in [5.41, 5.74) is 13.1. The number of nitrogens with one attached hydrogen (secondary N) is 1. The average molecular weight is 860 g/mol. The van der Waals surface area contributed by atoms with Gasteiger partial charge >= 0.3 is 15.6 Å². The summed E-state index contributed by atoms with van der Waals surface area (Å²) >= 11 is 0. The second kappa shape index (κ2) is 16.3. The van der Waals surface area contributed by atoms with Gasteiger partial charge in [-0.2, -0.15) is 8.88 Å². The van der Waals surface area contributed by atoms with Crippen LogP contribution in [0.25, 0.3) is 21.6 Å². The molecule has 26 nitrogen and oxygen atoms in total. The van der Waals surface area contributed by atoms with Crippen LogP contribution in [0.5, 0.6) is 0 Å². The summed E-state index contributed by atoms with van der Waals surface area (Å²) in [5, 5.41) is 63.4. The molecule has 0 bridgehead atoms. The number of imidazole rings is 1. The minimum Gasteiger partial charge on any atom is -0.387 e. The number of hydroxylamine groups is 2. The Balaban J connectivity index is 1.09. The number of piperidine rings is 1. The smallest absolute Gasteiger partial charge is 0.387 e. The molecule has 0 saturated carbocycles. The highest BCUT2D eigenvalue weighted by Gasteiger charge is 2.51. The van der Waals surface area contributed by atoms with E-state index in [4.69, 9.17) is 29.8 Å². The zero-order valence-corrected chi connectivity index (χ0v) is 33.1. The summed E-state index contributed by atoms with van der Waals surface area (Å²) in [5.74, 6) is -0.900. The molecule has 3 saturated heterocycles. The Hall–Kier alpha value is -3.78. The molecular formula is C30H43N11O15P2+. The molecule has 58 heavy (non-hydrogen) atoms. The van der Waals surface area contributed by atoms with Crippen molar-refractivity contribution in [2.24, 2.45) is 10.8 Å². The number of aliphatic hydroxyl groups excluding tert-OH is 4. The van der Waals surface area contributed by atoms with E-state index in [1.165, 1.54) is 40.0 Å². The second-order valence-corrected chi connectivity index (χ2v) is 18.2. The number of phosphoric acid groups is 2. The summed E-state index contributed by atoms with van der Waals surface area (Å²) in [6.07, 6.45) is -7.73. The number of aliphatic hydroxyl groups is 4. The molecule has 1 amide bonds. The lowest BCUT2D eigenvalue weighted by Crippen LogP contribution is -2.60. The maximum Gasteiger partial charge on any atom is 0.481 e. The van der Waals surface area contributed by atoms with Crippen molar-refractivity contribution in [3.63, 3.8) is 0 Å². The standard InChI is InChI=1S/C30H42N11O15P2/c1-29(2)9-15(10-30(3,4)41(29)47)34-24-18-25(36-28(35-24)37-38-32)40(13-33-18)27-22(45)20(43)17(55-27)12-53-58(50,51)56-57(48,49)52-11-16-19(42)21(44)26(54-16)39-7-5-14(6-8-39)23(31)46/h5-8,13,15-17,19-22,26-27,42-45H,9-12H2,1-4H3,(H4-,31,34,35,36,46,48,49,50,51)/p+1/t16-,17-,19-,20-,21-,22-,26-,27-/m1/s1. The van der Waals surface area contributed by atoms with Gasteiger partial charge in [0.15, 0.2) is 41.7 Å². The van der Waals surface area contributed by atoms with Crippen molar-refractivity contribution in [3.8, 4) is 0 Å². The predicted octanol–water partition coefficient (Wildman–Crippen LogP) is 0.123. The van der Waals surface area contributed by atoms with Crippen LogP contribution in [0, 0.1) is 0 Å². The van der Waals surface area contributed by atoms with Crippen LogP contribution in [0.4, 0.5) is 11.8 Å². The molecule has 0 aliphatic carbocycles. The number of phosphoric ester groups is 2. The fraction of sp³-hybridized carbons (Fsp3) is 0.633. The number of fused-ring (bicyclic) bond motifs is 1. The third-order valence-electron chi connectivity index (χ3n) is 9.87. The number of amides is 1. The number of nitrogens with two attached hydrogens (primary N) is 1. The van der Waals surface area contributed by atoms with E-state index in [1.54, 1.807) is 0 Å². The van der Waals surface area contributed by atoms with Gasteiger partial charge in [0.1, 0.15) is 30.5 Å². The maximum atomic E-state index is 12.9. The molecule has 3 fully saturated rings. The minimum atomic E-state index is -5.48. The number of carbonyl (C=O) groups is 1. The van der Waals surface area contributed by atoms with Crippen molar-refractivity contribution >= 4 is 44.5 Å². The molecule has 317 valence electrons. The Labute approximate surface area is 328 Å². The maximum absolute atomic E-state index is 12.9. The van der Waals surface area contributed by atoms with Gasteiger partial charge in [-0.25, -0.2) is 24.1 Å². The Morgan fingerprint density at radius 2 is 1.57 bits per heavy atom. The van der Waals surface area contributed by atoms with Crippen molar-refractivity contribution in [1.29, 1.82) is 0 Å². The first-order chi connectivity index (χ1) is 27.0. The molecule has 9 N–H and O–H groups in total. The Kier molecular flexibility index (Phi) is 12.3. The Morgan fingerprint density at radius 3 is 2.14 bits per heavy atom. The normalized spacial score (nSPS) is 30.7. The zero-order chi connectivity index (χ0) is 42.5. The summed E-state index contributed by atoms with van der Waals surface area (Å²) in [7, 11) is -10.9. The van der Waals surface area contributed by atoms with E-state index in [2.05, 4.69) is 34.6 Å². The highest BCUT2D eigenvalue weighted by Crippen LogP contribution is 2.61. The fourth-order valence-corrected chi connectivity index (χ4v) is 9.42. The van der Waals surface area contributed by atoms with Gasteiger partial charge < -0.3 is 50.7 Å². The summed E-state index contributed by atoms with van der Waals surface area (Å²) in [6.45, 7) is 5.35. The van der Waals surface area contributed by atoms with E-state index >= 15 is 0 Å². The monoisotopic (exact) mass is 859 g/mol. The van der Waals surface area contributed by atoms with Crippen LogP contribution in [0.3, 0.4) is 0 Å². The molecule has 3 aliphatic rings. The topological polar surface area (TPSA) is 376 Å². The molecule has 3 aromatic heterocycles. The number of anilines is 1. The first-order valence-electron chi connectivity index (χ1n) is 17.6. The summed E-state index contributed by atoms with van der Waals surface area (Å²) in [6, 6.07) is 2.37. The number of hydrogen-bond donors (Lipinski definition) is 8. The number of aromatic nitrogens is 5. The summed E-state index contributed by atoms with van der Waals surface area (Å²) < 4.78 is 53.0. The van der Waals surface area contributed by atoms with Gasteiger partial charge in [0.2, 0.25) is 11.9 Å². The lowest BCUT2D eigenvalue weighted by Gasteiger charge is -2.50. The van der Waals surface area contributed by atoms with Crippen LogP contribution in [0.2, 0.25) is 0 Å². The largest absolute Gasteiger partial charge is 0.481 e. The van der Waals surface area contributed by atoms with Gasteiger partial charge in [0.25, 0.3) is 6.23 Å². The van der Waals surface area contributed by atoms with Crippen molar-refractivity contribution in [3.05, 3.63) is 46.9 Å². The third kappa shape index (κ3) is 9.17. The van der Waals surface area contributed by atoms with Crippen molar-refractivity contribution < 1.29 is 76.7 Å². The SMILES string of the molecule is CC1(C)CC(Nc2nc(N=[N+]=[N-])nc3c2ncn3[C@@H]2O[C@H](COP(=O)(O)OP(=O)(O)OC[C@H]3O[C@@H]([n+]4ccc(C(N)=O)cc4)[C@H](O)[C@@H]3O)[C@@H](O)[C@H]2O)CC(C)(C)N1[O]. The number of azide groups is 1. The Morgan fingerprint density at radius 1 is 1.00 bits per heavy atom. The molecular weight excluding hydrogens is 816 g/mol. The Bertz CT molecular complexity index is 2140. The molecule has 6 heterocycles. The van der Waals surface area contributed by atoms with Crippen LogP contribution in [-0.4, -0.2) is 128 Å². The molecule has 0 aromatic carbocycles. The number of primary amides is 1. The number of hydrogen-bond acceptors (Lipinski definition) is 18. The minimum absolute atomic E-state index is 0.0122. The van der Waals surface area contributed by atoms with Gasteiger partial charge in [0, 0.05) is 34.2 Å². The fourth-order valence-electron chi connectivity index (χ4n) is 7.33. The van der Waals surface area contributed by atoms with Crippen molar-refractivity contribution in [1.82, 2.24) is 24.6 Å². The van der Waals surface area contributed by atoms with Gasteiger partial charge in [-0.3, -0.25) is 18.4 Å². The number of rotatable bonds is 14. The highest BCUT2D eigenvalue weighted by atomic mass is 31.3. The number of carbonyl (C=O) groups excluding carboxylic acids is 1. The number of ether oxygens (including phenoxy) is 2. The van der Waals surface area contributed by atoms with E-state index < -0.39 is 94.9 Å². The van der Waals surface area contributed by atoms with E-state index in [0.717, 1.165) is 5.06 Å². The number of nitrogens with zero attached hydrogens (tertiary/aromatic N) is 9. The number of pyridine rings is 1. The van der Waals surface area contributed by atoms with E-state index in [-0.39, 0.29) is 34.5 Å². The molecule has 28 heteroatoms. The van der Waals surface area contributed by atoms with Crippen LogP contribution in [0.15, 0.2) is 36.0 Å². The van der Waals surface area contributed by atoms with E-state index in [9.17, 15) is 49.3 Å². The zero-order valence-electron chi connectivity index (χ0n) is 31.3. The quantitative estimate of drug-likeness (QED) is 0.0351. The third-order valence-corrected chi connectivity index (χ3v) is 12.5. The molecule has 2 unspecified atom stereocenters. The molecule has 1 radical (unpaired) electrons. The van der Waals surface area contributed by atoms with Crippen molar-refractivity contribution in [2.45, 2.75) is 107 Å². The molecule has 3 aliphatic heterocycles. The van der Waals surface area contributed by atoms with Crippen LogP contribution >= 0.6 is 15.6 Å².